The molecule has 2 aromatic rings. The Kier molecular flexibility index (Phi) is 5.93. The van der Waals surface area contributed by atoms with E-state index in [2.05, 4.69) is 20.6 Å². The number of halogens is 1. The lowest BCUT2D eigenvalue weighted by molar-refractivity contribution is -0.116. The predicted octanol–water partition coefficient (Wildman–Crippen LogP) is 3.89. The van der Waals surface area contributed by atoms with Crippen LogP contribution in [0.2, 0.25) is 5.02 Å². The lowest BCUT2D eigenvalue weighted by atomic mass is 10.2. The second kappa shape index (κ2) is 7.92. The summed E-state index contributed by atoms with van der Waals surface area (Å²) < 4.78 is 0. The molecule has 0 radical (unpaired) electrons. The maximum Gasteiger partial charge on any atom is 0.224 e. The van der Waals surface area contributed by atoms with Crippen LogP contribution in [-0.4, -0.2) is 22.4 Å². The van der Waals surface area contributed by atoms with E-state index < -0.39 is 0 Å². The molecule has 122 valence electrons. The number of nitrogens with zero attached hydrogens (tertiary/aromatic N) is 2. The van der Waals surface area contributed by atoms with Crippen molar-refractivity contribution in [3.8, 4) is 0 Å². The van der Waals surface area contributed by atoms with Crippen molar-refractivity contribution in [1.29, 1.82) is 0 Å². The van der Waals surface area contributed by atoms with Gasteiger partial charge in [-0.15, -0.1) is 0 Å². The van der Waals surface area contributed by atoms with E-state index >= 15 is 0 Å². The molecule has 6 heteroatoms. The minimum atomic E-state index is -0.0292. The van der Waals surface area contributed by atoms with Crippen molar-refractivity contribution >= 4 is 29.1 Å². The number of benzene rings is 1. The van der Waals surface area contributed by atoms with Crippen LogP contribution in [0.1, 0.15) is 29.8 Å². The number of hydrogen-bond acceptors (Lipinski definition) is 4. The zero-order valence-electron chi connectivity index (χ0n) is 13.6. The number of carbonyl (C=O) groups excluding carboxylic acids is 1. The molecule has 1 aromatic heterocycles. The standard InChI is InChI=1S/C17H21ClN4O/c1-11-6-7-14(18)10-15(11)22-16(23)5-4-8-19-17-20-12(2)9-13(3)21-17/h6-7,9-10H,4-5,8H2,1-3H3,(H,22,23)(H,19,20,21). The number of nitrogens with one attached hydrogen (secondary N) is 2. The highest BCUT2D eigenvalue weighted by atomic mass is 35.5. The number of amides is 1. The van der Waals surface area contributed by atoms with Crippen LogP contribution in [0.3, 0.4) is 0 Å². The molecule has 0 saturated heterocycles. The molecule has 0 spiro atoms. The largest absolute Gasteiger partial charge is 0.354 e. The van der Waals surface area contributed by atoms with E-state index in [1.165, 1.54) is 0 Å². The summed E-state index contributed by atoms with van der Waals surface area (Å²) in [4.78, 5) is 20.6. The van der Waals surface area contributed by atoms with Crippen LogP contribution < -0.4 is 10.6 Å². The van der Waals surface area contributed by atoms with Crippen LogP contribution in [0, 0.1) is 20.8 Å². The highest BCUT2D eigenvalue weighted by Crippen LogP contribution is 2.20. The van der Waals surface area contributed by atoms with Crippen LogP contribution in [0.4, 0.5) is 11.6 Å². The fraction of sp³-hybridized carbons (Fsp3) is 0.353. The Morgan fingerprint density at radius 3 is 2.52 bits per heavy atom. The van der Waals surface area contributed by atoms with E-state index in [1.807, 2.05) is 32.9 Å². The number of carbonyl (C=O) groups is 1. The molecule has 0 aliphatic carbocycles. The van der Waals surface area contributed by atoms with Gasteiger partial charge in [-0.2, -0.15) is 0 Å². The quantitative estimate of drug-likeness (QED) is 0.788. The predicted molar refractivity (Wildman–Crippen MR) is 94.0 cm³/mol. The lowest BCUT2D eigenvalue weighted by Gasteiger charge is -2.09. The van der Waals surface area contributed by atoms with Crippen LogP contribution in [0.5, 0.6) is 0 Å². The molecule has 5 nitrogen and oxygen atoms in total. The van der Waals surface area contributed by atoms with E-state index in [-0.39, 0.29) is 5.91 Å². The summed E-state index contributed by atoms with van der Waals surface area (Å²) in [5, 5.41) is 6.64. The molecular formula is C17H21ClN4O. The number of anilines is 2. The Labute approximate surface area is 141 Å². The normalized spacial score (nSPS) is 10.4. The number of aromatic nitrogens is 2. The van der Waals surface area contributed by atoms with Gasteiger partial charge in [0.1, 0.15) is 0 Å². The van der Waals surface area contributed by atoms with Gasteiger partial charge in [0.2, 0.25) is 11.9 Å². The highest BCUT2D eigenvalue weighted by molar-refractivity contribution is 6.31. The summed E-state index contributed by atoms with van der Waals surface area (Å²) in [7, 11) is 0. The Morgan fingerprint density at radius 1 is 1.13 bits per heavy atom. The summed E-state index contributed by atoms with van der Waals surface area (Å²) in [6.07, 6.45) is 1.12. The third kappa shape index (κ3) is 5.53. The van der Waals surface area contributed by atoms with Gasteiger partial charge in [-0.05, 0) is 51.0 Å². The molecule has 0 atom stereocenters. The molecule has 2 N–H and O–H groups in total. The van der Waals surface area contributed by atoms with Crippen molar-refractivity contribution < 1.29 is 4.79 Å². The summed E-state index contributed by atoms with van der Waals surface area (Å²) in [5.41, 5.74) is 3.60. The van der Waals surface area contributed by atoms with Gasteiger partial charge < -0.3 is 10.6 Å². The first-order chi connectivity index (χ1) is 10.9. The molecule has 0 aliphatic rings. The average Bonchev–Trinajstić information content (AvgIpc) is 2.46. The third-order valence-electron chi connectivity index (χ3n) is 3.32. The van der Waals surface area contributed by atoms with Crippen molar-refractivity contribution in [2.45, 2.75) is 33.6 Å². The van der Waals surface area contributed by atoms with E-state index in [9.17, 15) is 4.79 Å². The Hall–Kier alpha value is -2.14. The summed E-state index contributed by atoms with van der Waals surface area (Å²) in [6, 6.07) is 7.37. The molecule has 1 amide bonds. The first-order valence-electron chi connectivity index (χ1n) is 7.56. The van der Waals surface area contributed by atoms with Crippen molar-refractivity contribution in [2.75, 3.05) is 17.2 Å². The average molecular weight is 333 g/mol. The SMILES string of the molecule is Cc1cc(C)nc(NCCCC(=O)Nc2cc(Cl)ccc2C)n1. The lowest BCUT2D eigenvalue weighted by Crippen LogP contribution is -2.14. The zero-order valence-corrected chi connectivity index (χ0v) is 14.4. The van der Waals surface area contributed by atoms with E-state index in [4.69, 9.17) is 11.6 Å². The van der Waals surface area contributed by atoms with Gasteiger partial charge in [0.05, 0.1) is 0 Å². The van der Waals surface area contributed by atoms with Gasteiger partial charge >= 0.3 is 0 Å². The molecule has 1 aromatic carbocycles. The second-order valence-corrected chi connectivity index (χ2v) is 5.95. The van der Waals surface area contributed by atoms with Crippen LogP contribution in [0.15, 0.2) is 24.3 Å². The van der Waals surface area contributed by atoms with Crippen LogP contribution in [-0.2, 0) is 4.79 Å². The monoisotopic (exact) mass is 332 g/mol. The fourth-order valence-electron chi connectivity index (χ4n) is 2.20. The fourth-order valence-corrected chi connectivity index (χ4v) is 2.37. The van der Waals surface area contributed by atoms with Crippen molar-refractivity contribution in [1.82, 2.24) is 9.97 Å². The number of rotatable bonds is 6. The number of aryl methyl sites for hydroxylation is 3. The minimum absolute atomic E-state index is 0.0292. The van der Waals surface area contributed by atoms with E-state index in [0.717, 1.165) is 22.6 Å². The van der Waals surface area contributed by atoms with Crippen LogP contribution in [0.25, 0.3) is 0 Å². The topological polar surface area (TPSA) is 66.9 Å². The van der Waals surface area contributed by atoms with Gasteiger partial charge in [-0.1, -0.05) is 17.7 Å². The molecule has 0 fully saturated rings. The summed E-state index contributed by atoms with van der Waals surface area (Å²) in [5.74, 6) is 0.576. The second-order valence-electron chi connectivity index (χ2n) is 5.51. The van der Waals surface area contributed by atoms with Crippen LogP contribution >= 0.6 is 11.6 Å². The van der Waals surface area contributed by atoms with Gasteiger partial charge in [0.25, 0.3) is 0 Å². The highest BCUT2D eigenvalue weighted by Gasteiger charge is 2.06. The first kappa shape index (κ1) is 17.2. The van der Waals surface area contributed by atoms with E-state index in [1.54, 1.807) is 12.1 Å². The van der Waals surface area contributed by atoms with Crippen molar-refractivity contribution in [3.63, 3.8) is 0 Å². The maximum atomic E-state index is 12.0. The molecular weight excluding hydrogens is 312 g/mol. The zero-order chi connectivity index (χ0) is 16.8. The van der Waals surface area contributed by atoms with Gasteiger partial charge in [0, 0.05) is 35.1 Å². The molecule has 2 rings (SSSR count). The van der Waals surface area contributed by atoms with Gasteiger partial charge in [-0.25, -0.2) is 9.97 Å². The van der Waals surface area contributed by atoms with Gasteiger partial charge in [-0.3, -0.25) is 4.79 Å². The molecule has 23 heavy (non-hydrogen) atoms. The minimum Gasteiger partial charge on any atom is -0.354 e. The maximum absolute atomic E-state index is 12.0. The molecule has 0 saturated carbocycles. The molecule has 1 heterocycles. The molecule has 0 unspecified atom stereocenters. The first-order valence-corrected chi connectivity index (χ1v) is 7.94. The summed E-state index contributed by atoms with van der Waals surface area (Å²) in [6.45, 7) is 6.44. The Bertz CT molecular complexity index is 683. The molecule has 0 bridgehead atoms. The van der Waals surface area contributed by atoms with Crippen molar-refractivity contribution in [3.05, 3.63) is 46.2 Å². The number of hydrogen-bond donors (Lipinski definition) is 2. The van der Waals surface area contributed by atoms with Crippen molar-refractivity contribution in [2.24, 2.45) is 0 Å². The Balaban J connectivity index is 1.77. The van der Waals surface area contributed by atoms with E-state index in [0.29, 0.717) is 30.4 Å². The third-order valence-corrected chi connectivity index (χ3v) is 3.55. The summed E-state index contributed by atoms with van der Waals surface area (Å²) >= 11 is 5.95. The molecule has 0 aliphatic heterocycles. The Morgan fingerprint density at radius 2 is 1.83 bits per heavy atom. The smallest absolute Gasteiger partial charge is 0.224 e. The van der Waals surface area contributed by atoms with Gasteiger partial charge in [0.15, 0.2) is 0 Å².